The van der Waals surface area contributed by atoms with Gasteiger partial charge in [-0.25, -0.2) is 12.7 Å². The second-order valence-electron chi connectivity index (χ2n) is 6.37. The summed E-state index contributed by atoms with van der Waals surface area (Å²) in [7, 11) is -0.590. The molecule has 0 fully saturated rings. The fourth-order valence-corrected chi connectivity index (χ4v) is 3.28. The van der Waals surface area contributed by atoms with Crippen LogP contribution in [0.3, 0.4) is 0 Å². The molecule has 28 heavy (non-hydrogen) atoms. The van der Waals surface area contributed by atoms with E-state index in [1.807, 2.05) is 31.2 Å². The SMILES string of the molecule is Cc1ccc(-c2nnn(CC(=O)Nc3ccc(S(=O)(=O)N(C)C)cc3)n2)cc1. The minimum absolute atomic E-state index is 0.114. The molecule has 3 aromatic rings. The molecule has 0 radical (unpaired) electrons. The second kappa shape index (κ2) is 7.87. The van der Waals surface area contributed by atoms with Gasteiger partial charge in [0.1, 0.15) is 6.54 Å². The lowest BCUT2D eigenvalue weighted by atomic mass is 10.1. The zero-order valence-electron chi connectivity index (χ0n) is 15.7. The summed E-state index contributed by atoms with van der Waals surface area (Å²) in [4.78, 5) is 13.5. The number of tetrazole rings is 1. The molecule has 0 aliphatic heterocycles. The van der Waals surface area contributed by atoms with Crippen LogP contribution in [0.25, 0.3) is 11.4 Å². The highest BCUT2D eigenvalue weighted by atomic mass is 32.2. The van der Waals surface area contributed by atoms with Crippen LogP contribution < -0.4 is 5.32 Å². The maximum atomic E-state index is 12.2. The van der Waals surface area contributed by atoms with Crippen molar-refractivity contribution in [2.24, 2.45) is 0 Å². The summed E-state index contributed by atoms with van der Waals surface area (Å²) in [5.41, 5.74) is 2.41. The Morgan fingerprint density at radius 3 is 2.32 bits per heavy atom. The van der Waals surface area contributed by atoms with Gasteiger partial charge in [0.05, 0.1) is 4.90 Å². The summed E-state index contributed by atoms with van der Waals surface area (Å²) in [5, 5.41) is 14.7. The van der Waals surface area contributed by atoms with Crippen LogP contribution in [0.5, 0.6) is 0 Å². The molecule has 1 N–H and O–H groups in total. The van der Waals surface area contributed by atoms with E-state index in [0.29, 0.717) is 11.5 Å². The van der Waals surface area contributed by atoms with Gasteiger partial charge >= 0.3 is 0 Å². The first-order valence-corrected chi connectivity index (χ1v) is 9.87. The Balaban J connectivity index is 1.64. The quantitative estimate of drug-likeness (QED) is 0.672. The zero-order chi connectivity index (χ0) is 20.3. The maximum absolute atomic E-state index is 12.2. The van der Waals surface area contributed by atoms with E-state index in [1.54, 1.807) is 0 Å². The lowest BCUT2D eigenvalue weighted by molar-refractivity contribution is -0.117. The normalized spacial score (nSPS) is 11.6. The molecule has 10 heteroatoms. The number of nitrogens with zero attached hydrogens (tertiary/aromatic N) is 5. The minimum Gasteiger partial charge on any atom is -0.324 e. The molecular formula is C18H20N6O3S. The molecule has 0 aliphatic carbocycles. The highest BCUT2D eigenvalue weighted by Gasteiger charge is 2.17. The molecule has 2 aromatic carbocycles. The van der Waals surface area contributed by atoms with Gasteiger partial charge < -0.3 is 5.32 Å². The molecule has 1 amide bonds. The molecule has 0 aliphatic rings. The van der Waals surface area contributed by atoms with Crippen molar-refractivity contribution in [3.8, 4) is 11.4 Å². The predicted octanol–water partition coefficient (Wildman–Crippen LogP) is 1.54. The minimum atomic E-state index is -3.51. The Labute approximate surface area is 163 Å². The van der Waals surface area contributed by atoms with Crippen molar-refractivity contribution in [1.29, 1.82) is 0 Å². The van der Waals surface area contributed by atoms with Gasteiger partial charge in [-0.3, -0.25) is 4.79 Å². The van der Waals surface area contributed by atoms with Crippen molar-refractivity contribution in [2.75, 3.05) is 19.4 Å². The number of sulfonamides is 1. The third kappa shape index (κ3) is 4.41. The van der Waals surface area contributed by atoms with Gasteiger partial charge in [0.15, 0.2) is 0 Å². The Bertz CT molecular complexity index is 1070. The van der Waals surface area contributed by atoms with E-state index in [0.717, 1.165) is 15.4 Å². The molecule has 0 spiro atoms. The molecule has 3 rings (SSSR count). The Morgan fingerprint density at radius 2 is 1.71 bits per heavy atom. The summed E-state index contributed by atoms with van der Waals surface area (Å²) in [6.45, 7) is 1.87. The number of aryl methyl sites for hydroxylation is 1. The standard InChI is InChI=1S/C18H20N6O3S/c1-13-4-6-14(7-5-13)18-20-22-24(21-18)12-17(25)19-15-8-10-16(11-9-15)28(26,27)23(2)3/h4-11H,12H2,1-3H3,(H,19,25). The smallest absolute Gasteiger partial charge is 0.248 e. The second-order valence-corrected chi connectivity index (χ2v) is 8.52. The van der Waals surface area contributed by atoms with Crippen LogP contribution in [0, 0.1) is 6.92 Å². The first kappa shape index (κ1) is 19.6. The summed E-state index contributed by atoms with van der Waals surface area (Å²) < 4.78 is 25.2. The topological polar surface area (TPSA) is 110 Å². The highest BCUT2D eigenvalue weighted by molar-refractivity contribution is 7.89. The number of aromatic nitrogens is 4. The van der Waals surface area contributed by atoms with Crippen LogP contribution in [-0.2, 0) is 21.4 Å². The van der Waals surface area contributed by atoms with Gasteiger partial charge in [-0.2, -0.15) is 4.80 Å². The van der Waals surface area contributed by atoms with Crippen LogP contribution in [0.4, 0.5) is 5.69 Å². The first-order valence-electron chi connectivity index (χ1n) is 8.43. The number of carbonyl (C=O) groups is 1. The third-order valence-electron chi connectivity index (χ3n) is 3.96. The number of hydrogen-bond acceptors (Lipinski definition) is 6. The van der Waals surface area contributed by atoms with Crippen LogP contribution >= 0.6 is 0 Å². The number of hydrogen-bond donors (Lipinski definition) is 1. The number of anilines is 1. The number of rotatable bonds is 6. The number of benzene rings is 2. The number of carbonyl (C=O) groups excluding carboxylic acids is 1. The molecule has 1 aromatic heterocycles. The van der Waals surface area contributed by atoms with Gasteiger partial charge in [0, 0.05) is 25.3 Å². The zero-order valence-corrected chi connectivity index (χ0v) is 16.5. The van der Waals surface area contributed by atoms with E-state index >= 15 is 0 Å². The van der Waals surface area contributed by atoms with E-state index in [2.05, 4.69) is 20.7 Å². The average Bonchev–Trinajstić information content (AvgIpc) is 3.11. The first-order chi connectivity index (χ1) is 13.3. The fourth-order valence-electron chi connectivity index (χ4n) is 2.38. The highest BCUT2D eigenvalue weighted by Crippen LogP contribution is 2.17. The van der Waals surface area contributed by atoms with E-state index in [1.165, 1.54) is 43.2 Å². The molecule has 0 saturated heterocycles. The predicted molar refractivity (Wildman–Crippen MR) is 104 cm³/mol. The fraction of sp³-hybridized carbons (Fsp3) is 0.222. The monoisotopic (exact) mass is 400 g/mol. The van der Waals surface area contributed by atoms with Crippen LogP contribution in [0.15, 0.2) is 53.4 Å². The lowest BCUT2D eigenvalue weighted by Gasteiger charge is -2.11. The van der Waals surface area contributed by atoms with Gasteiger partial charge in [-0.05, 0) is 36.4 Å². The maximum Gasteiger partial charge on any atom is 0.248 e. The summed E-state index contributed by atoms with van der Waals surface area (Å²) in [5.74, 6) is 0.0853. The van der Waals surface area contributed by atoms with Gasteiger partial charge in [-0.1, -0.05) is 29.8 Å². The third-order valence-corrected chi connectivity index (χ3v) is 5.79. The molecule has 0 unspecified atom stereocenters. The summed E-state index contributed by atoms with van der Waals surface area (Å²) >= 11 is 0. The van der Waals surface area contributed by atoms with Crippen molar-refractivity contribution < 1.29 is 13.2 Å². The molecule has 0 saturated carbocycles. The largest absolute Gasteiger partial charge is 0.324 e. The van der Waals surface area contributed by atoms with E-state index in [4.69, 9.17) is 0 Å². The molecule has 1 heterocycles. The summed E-state index contributed by atoms with van der Waals surface area (Å²) in [6.07, 6.45) is 0. The Hall–Kier alpha value is -3.11. The Kier molecular flexibility index (Phi) is 5.52. The van der Waals surface area contributed by atoms with Crippen molar-refractivity contribution in [3.63, 3.8) is 0 Å². The molecule has 146 valence electrons. The van der Waals surface area contributed by atoms with E-state index < -0.39 is 10.0 Å². The number of nitrogens with one attached hydrogen (secondary N) is 1. The van der Waals surface area contributed by atoms with E-state index in [-0.39, 0.29) is 17.3 Å². The lowest BCUT2D eigenvalue weighted by Crippen LogP contribution is -2.22. The van der Waals surface area contributed by atoms with Crippen LogP contribution in [0.1, 0.15) is 5.56 Å². The van der Waals surface area contributed by atoms with Crippen molar-refractivity contribution in [1.82, 2.24) is 24.5 Å². The summed E-state index contributed by atoms with van der Waals surface area (Å²) in [6, 6.07) is 13.6. The Morgan fingerprint density at radius 1 is 1.07 bits per heavy atom. The van der Waals surface area contributed by atoms with Crippen LogP contribution in [0.2, 0.25) is 0 Å². The van der Waals surface area contributed by atoms with Crippen molar-refractivity contribution in [2.45, 2.75) is 18.4 Å². The number of amides is 1. The van der Waals surface area contributed by atoms with Crippen LogP contribution in [-0.4, -0.2) is 52.9 Å². The van der Waals surface area contributed by atoms with Gasteiger partial charge in [0.2, 0.25) is 21.8 Å². The van der Waals surface area contributed by atoms with Gasteiger partial charge in [-0.15, -0.1) is 10.2 Å². The van der Waals surface area contributed by atoms with Gasteiger partial charge in [0.25, 0.3) is 0 Å². The van der Waals surface area contributed by atoms with Crippen molar-refractivity contribution in [3.05, 3.63) is 54.1 Å². The molecular weight excluding hydrogens is 380 g/mol. The molecule has 0 bridgehead atoms. The molecule has 9 nitrogen and oxygen atoms in total. The van der Waals surface area contributed by atoms with Crippen molar-refractivity contribution >= 4 is 21.6 Å². The van der Waals surface area contributed by atoms with E-state index in [9.17, 15) is 13.2 Å². The average molecular weight is 400 g/mol. The molecule has 0 atom stereocenters.